The Balaban J connectivity index is 1.99. The summed E-state index contributed by atoms with van der Waals surface area (Å²) < 4.78 is 69.0. The Hall–Kier alpha value is -3.43. The van der Waals surface area contributed by atoms with E-state index in [2.05, 4.69) is 25.3 Å². The number of ether oxygens (including phenoxy) is 1. The molecule has 0 bridgehead atoms. The predicted octanol–water partition coefficient (Wildman–Crippen LogP) is 5.11. The molecule has 146 valence electrons. The zero-order chi connectivity index (χ0) is 20.3. The molecule has 10 heteroatoms. The fraction of sp³-hybridized carbons (Fsp3) is 0.111. The third-order valence-electron chi connectivity index (χ3n) is 3.53. The van der Waals surface area contributed by atoms with Crippen molar-refractivity contribution in [2.75, 3.05) is 17.7 Å². The first-order valence-electron chi connectivity index (χ1n) is 7.89. The van der Waals surface area contributed by atoms with Crippen LogP contribution in [-0.2, 0) is 0 Å². The minimum atomic E-state index is -4.84. The summed E-state index contributed by atoms with van der Waals surface area (Å²) in [6.45, 7) is 0. The average molecular weight is 396 g/mol. The lowest BCUT2D eigenvalue weighted by molar-refractivity contribution is -0.274. The Morgan fingerprint density at radius 1 is 0.929 bits per heavy atom. The third-order valence-corrected chi connectivity index (χ3v) is 3.53. The summed E-state index contributed by atoms with van der Waals surface area (Å²) in [5.74, 6) is -1.94. The summed E-state index contributed by atoms with van der Waals surface area (Å²) in [6.07, 6.45) is -4.84. The van der Waals surface area contributed by atoms with E-state index in [0.717, 1.165) is 24.3 Å². The summed E-state index contributed by atoms with van der Waals surface area (Å²) >= 11 is 0. The van der Waals surface area contributed by atoms with Crippen LogP contribution in [0, 0.1) is 11.6 Å². The van der Waals surface area contributed by atoms with Crippen molar-refractivity contribution in [1.29, 1.82) is 0 Å². The van der Waals surface area contributed by atoms with Gasteiger partial charge >= 0.3 is 6.36 Å². The second-order valence-corrected chi connectivity index (χ2v) is 5.51. The molecule has 0 aliphatic heterocycles. The van der Waals surface area contributed by atoms with Gasteiger partial charge < -0.3 is 15.4 Å². The Kier molecular flexibility index (Phi) is 5.30. The number of nitrogens with one attached hydrogen (secondary N) is 2. The standard InChI is InChI=1S/C18H13F5N4O/c1-24-17-25-14(10-4-2-5-11(8-10)28-18(21,22)23)9-15(27-17)26-16-12(19)6-3-7-13(16)20/h2-9H,1H3,(H2,24,25,26,27). The minimum Gasteiger partial charge on any atom is -0.406 e. The summed E-state index contributed by atoms with van der Waals surface area (Å²) in [6, 6.07) is 9.87. The Bertz CT molecular complexity index is 974. The molecule has 0 unspecified atom stereocenters. The monoisotopic (exact) mass is 396 g/mol. The predicted molar refractivity (Wildman–Crippen MR) is 93.3 cm³/mol. The largest absolute Gasteiger partial charge is 0.573 e. The summed E-state index contributed by atoms with van der Waals surface area (Å²) in [4.78, 5) is 8.22. The van der Waals surface area contributed by atoms with Crippen LogP contribution in [0.4, 0.5) is 39.4 Å². The summed E-state index contributed by atoms with van der Waals surface area (Å²) in [7, 11) is 1.52. The van der Waals surface area contributed by atoms with Crippen LogP contribution in [0.2, 0.25) is 0 Å². The van der Waals surface area contributed by atoms with Crippen LogP contribution < -0.4 is 15.4 Å². The molecule has 0 atom stereocenters. The molecule has 1 aromatic heterocycles. The van der Waals surface area contributed by atoms with Gasteiger partial charge in [0.2, 0.25) is 5.95 Å². The van der Waals surface area contributed by atoms with E-state index < -0.39 is 29.4 Å². The maximum atomic E-state index is 13.9. The molecule has 0 aliphatic carbocycles. The Morgan fingerprint density at radius 2 is 1.61 bits per heavy atom. The molecule has 2 aromatic carbocycles. The second kappa shape index (κ2) is 7.67. The molecule has 3 aromatic rings. The van der Waals surface area contributed by atoms with Gasteiger partial charge in [0.15, 0.2) is 0 Å². The number of hydrogen-bond donors (Lipinski definition) is 2. The van der Waals surface area contributed by atoms with Gasteiger partial charge in [-0.2, -0.15) is 4.98 Å². The molecule has 0 radical (unpaired) electrons. The first-order chi connectivity index (χ1) is 13.2. The SMILES string of the molecule is CNc1nc(Nc2c(F)cccc2F)cc(-c2cccc(OC(F)(F)F)c2)n1. The number of anilines is 3. The lowest BCUT2D eigenvalue weighted by atomic mass is 10.1. The van der Waals surface area contributed by atoms with E-state index in [4.69, 9.17) is 0 Å². The minimum absolute atomic E-state index is 0.0421. The van der Waals surface area contributed by atoms with Gasteiger partial charge in [0, 0.05) is 18.7 Å². The van der Waals surface area contributed by atoms with Gasteiger partial charge in [0.25, 0.3) is 0 Å². The highest BCUT2D eigenvalue weighted by molar-refractivity contribution is 5.68. The fourth-order valence-corrected chi connectivity index (χ4v) is 2.37. The lowest BCUT2D eigenvalue weighted by Crippen LogP contribution is -2.17. The normalized spacial score (nSPS) is 11.2. The molecule has 2 N–H and O–H groups in total. The zero-order valence-electron chi connectivity index (χ0n) is 14.3. The molecular formula is C18H13F5N4O. The molecular weight excluding hydrogens is 383 g/mol. The quantitative estimate of drug-likeness (QED) is 0.588. The molecule has 0 saturated carbocycles. The summed E-state index contributed by atoms with van der Waals surface area (Å²) in [5, 5.41) is 5.21. The van der Waals surface area contributed by atoms with Crippen LogP contribution in [0.5, 0.6) is 5.75 Å². The Labute approximate surface area is 156 Å². The first-order valence-corrected chi connectivity index (χ1v) is 7.89. The fourth-order valence-electron chi connectivity index (χ4n) is 2.37. The number of hydrogen-bond acceptors (Lipinski definition) is 5. The topological polar surface area (TPSA) is 59.1 Å². The van der Waals surface area contributed by atoms with E-state index >= 15 is 0 Å². The maximum Gasteiger partial charge on any atom is 0.573 e. The highest BCUT2D eigenvalue weighted by atomic mass is 19.4. The van der Waals surface area contributed by atoms with Crippen molar-refractivity contribution in [2.24, 2.45) is 0 Å². The summed E-state index contributed by atoms with van der Waals surface area (Å²) in [5.41, 5.74) is 0.0901. The van der Waals surface area contributed by atoms with Gasteiger partial charge in [-0.25, -0.2) is 13.8 Å². The molecule has 0 saturated heterocycles. The molecule has 0 amide bonds. The lowest BCUT2D eigenvalue weighted by Gasteiger charge is -2.12. The van der Waals surface area contributed by atoms with Gasteiger partial charge in [-0.1, -0.05) is 18.2 Å². The molecule has 3 rings (SSSR count). The number of rotatable bonds is 5. The van der Waals surface area contributed by atoms with Crippen LogP contribution in [0.15, 0.2) is 48.5 Å². The van der Waals surface area contributed by atoms with Crippen molar-refractivity contribution in [3.63, 3.8) is 0 Å². The van der Waals surface area contributed by atoms with Crippen molar-refractivity contribution in [2.45, 2.75) is 6.36 Å². The van der Waals surface area contributed by atoms with Crippen molar-refractivity contribution < 1.29 is 26.7 Å². The molecule has 1 heterocycles. The molecule has 28 heavy (non-hydrogen) atoms. The van der Waals surface area contributed by atoms with E-state index in [1.807, 2.05) is 0 Å². The van der Waals surface area contributed by atoms with E-state index in [1.54, 1.807) is 0 Å². The van der Waals surface area contributed by atoms with Gasteiger partial charge in [0.05, 0.1) is 5.69 Å². The molecule has 5 nitrogen and oxygen atoms in total. The number of benzene rings is 2. The average Bonchev–Trinajstić information content (AvgIpc) is 2.63. The first kappa shape index (κ1) is 19.3. The van der Waals surface area contributed by atoms with Crippen molar-refractivity contribution >= 4 is 17.5 Å². The van der Waals surface area contributed by atoms with E-state index in [1.165, 1.54) is 31.3 Å². The zero-order valence-corrected chi connectivity index (χ0v) is 14.3. The van der Waals surface area contributed by atoms with Gasteiger partial charge in [-0.15, -0.1) is 13.2 Å². The van der Waals surface area contributed by atoms with E-state index in [-0.39, 0.29) is 23.0 Å². The third kappa shape index (κ3) is 4.64. The van der Waals surface area contributed by atoms with Gasteiger partial charge in [-0.3, -0.25) is 0 Å². The molecule has 0 fully saturated rings. The van der Waals surface area contributed by atoms with Crippen LogP contribution in [-0.4, -0.2) is 23.4 Å². The molecule has 0 aliphatic rings. The van der Waals surface area contributed by atoms with Crippen LogP contribution in [0.1, 0.15) is 0 Å². The number of alkyl halides is 3. The van der Waals surface area contributed by atoms with E-state index in [9.17, 15) is 22.0 Å². The van der Waals surface area contributed by atoms with Crippen molar-refractivity contribution in [1.82, 2.24) is 9.97 Å². The number of para-hydroxylation sites is 1. The molecule has 0 spiro atoms. The maximum absolute atomic E-state index is 13.9. The van der Waals surface area contributed by atoms with Crippen LogP contribution in [0.25, 0.3) is 11.3 Å². The van der Waals surface area contributed by atoms with Crippen LogP contribution in [0.3, 0.4) is 0 Å². The smallest absolute Gasteiger partial charge is 0.406 e. The number of aromatic nitrogens is 2. The second-order valence-electron chi connectivity index (χ2n) is 5.51. The number of halogens is 5. The van der Waals surface area contributed by atoms with Crippen molar-refractivity contribution in [3.8, 4) is 17.0 Å². The van der Waals surface area contributed by atoms with Crippen molar-refractivity contribution in [3.05, 3.63) is 60.2 Å². The highest BCUT2D eigenvalue weighted by Gasteiger charge is 2.31. The van der Waals surface area contributed by atoms with Crippen LogP contribution >= 0.6 is 0 Å². The number of nitrogens with zero attached hydrogens (tertiary/aromatic N) is 2. The highest BCUT2D eigenvalue weighted by Crippen LogP contribution is 2.30. The van der Waals surface area contributed by atoms with E-state index in [0.29, 0.717) is 0 Å². The Morgan fingerprint density at radius 3 is 2.25 bits per heavy atom. The van der Waals surface area contributed by atoms with Gasteiger partial charge in [0.1, 0.15) is 28.9 Å². The van der Waals surface area contributed by atoms with Gasteiger partial charge in [-0.05, 0) is 24.3 Å².